The third kappa shape index (κ3) is 4.86. The molecule has 0 aliphatic carbocycles. The third-order valence-electron chi connectivity index (χ3n) is 5.62. The molecule has 3 amide bonds. The highest BCUT2D eigenvalue weighted by molar-refractivity contribution is 5.94. The standard InChI is InChI=1S/C24H25N5O2/c25-15-17-7-6-8-19(13-17)27-24(31)28-22(23(30)29-11-4-1-5-12-29)14-18-16-26-21-10-3-2-9-20(18)21/h2-3,6-10,13,16,22,26H,1,4-5,11-12,14H2,(H2,27,28,31). The van der Waals surface area contributed by atoms with E-state index in [0.29, 0.717) is 17.7 Å². The first-order valence-electron chi connectivity index (χ1n) is 10.6. The molecule has 1 fully saturated rings. The van der Waals surface area contributed by atoms with E-state index < -0.39 is 12.1 Å². The van der Waals surface area contributed by atoms with Crippen molar-refractivity contribution in [2.24, 2.45) is 0 Å². The number of para-hydroxylation sites is 1. The third-order valence-corrected chi connectivity index (χ3v) is 5.62. The summed E-state index contributed by atoms with van der Waals surface area (Å²) in [6.45, 7) is 1.44. The number of hydrogen-bond donors (Lipinski definition) is 3. The number of aromatic amines is 1. The Balaban J connectivity index is 1.53. The van der Waals surface area contributed by atoms with Gasteiger partial charge >= 0.3 is 6.03 Å². The highest BCUT2D eigenvalue weighted by atomic mass is 16.2. The number of nitrogens with one attached hydrogen (secondary N) is 3. The Hall–Kier alpha value is -3.79. The van der Waals surface area contributed by atoms with Gasteiger partial charge in [-0.2, -0.15) is 5.26 Å². The van der Waals surface area contributed by atoms with Gasteiger partial charge in [0.1, 0.15) is 6.04 Å². The molecule has 1 atom stereocenters. The first-order chi connectivity index (χ1) is 15.1. The molecular formula is C24H25N5O2. The van der Waals surface area contributed by atoms with Gasteiger partial charge in [0.25, 0.3) is 0 Å². The number of carbonyl (C=O) groups excluding carboxylic acids is 2. The molecule has 1 aliphatic rings. The molecule has 158 valence electrons. The number of urea groups is 1. The van der Waals surface area contributed by atoms with Crippen LogP contribution in [0.25, 0.3) is 10.9 Å². The first-order valence-corrected chi connectivity index (χ1v) is 10.6. The minimum atomic E-state index is -0.684. The van der Waals surface area contributed by atoms with Gasteiger partial charge in [0, 0.05) is 42.3 Å². The van der Waals surface area contributed by atoms with Crippen LogP contribution in [0.1, 0.15) is 30.4 Å². The lowest BCUT2D eigenvalue weighted by Gasteiger charge is -2.30. The van der Waals surface area contributed by atoms with E-state index in [0.717, 1.165) is 48.8 Å². The van der Waals surface area contributed by atoms with Gasteiger partial charge in [-0.05, 0) is 49.1 Å². The van der Waals surface area contributed by atoms with Crippen LogP contribution in [0.3, 0.4) is 0 Å². The molecule has 1 aromatic heterocycles. The van der Waals surface area contributed by atoms with Crippen molar-refractivity contribution < 1.29 is 9.59 Å². The van der Waals surface area contributed by atoms with E-state index >= 15 is 0 Å². The monoisotopic (exact) mass is 415 g/mol. The minimum absolute atomic E-state index is 0.0640. The SMILES string of the molecule is N#Cc1cccc(NC(=O)NC(Cc2c[nH]c3ccccc23)C(=O)N2CCCCC2)c1. The van der Waals surface area contributed by atoms with E-state index in [1.165, 1.54) is 0 Å². The summed E-state index contributed by atoms with van der Waals surface area (Å²) in [4.78, 5) is 31.1. The maximum absolute atomic E-state index is 13.3. The number of nitriles is 1. The van der Waals surface area contributed by atoms with Crippen LogP contribution in [0.5, 0.6) is 0 Å². The largest absolute Gasteiger partial charge is 0.361 e. The number of carbonyl (C=O) groups is 2. The number of hydrogen-bond acceptors (Lipinski definition) is 3. The predicted molar refractivity (Wildman–Crippen MR) is 120 cm³/mol. The summed E-state index contributed by atoms with van der Waals surface area (Å²) in [5, 5.41) is 15.7. The molecule has 2 aromatic carbocycles. The van der Waals surface area contributed by atoms with Gasteiger partial charge in [-0.15, -0.1) is 0 Å². The number of rotatable bonds is 5. The van der Waals surface area contributed by atoms with E-state index in [9.17, 15) is 9.59 Å². The van der Waals surface area contributed by atoms with E-state index in [4.69, 9.17) is 5.26 Å². The lowest BCUT2D eigenvalue weighted by Crippen LogP contribution is -2.52. The van der Waals surface area contributed by atoms with Gasteiger partial charge < -0.3 is 20.5 Å². The number of H-pyrrole nitrogens is 1. The molecule has 4 rings (SSSR count). The van der Waals surface area contributed by atoms with Gasteiger partial charge in [-0.3, -0.25) is 4.79 Å². The highest BCUT2D eigenvalue weighted by Crippen LogP contribution is 2.20. The van der Waals surface area contributed by atoms with Gasteiger partial charge in [-0.1, -0.05) is 24.3 Å². The maximum Gasteiger partial charge on any atom is 0.319 e. The van der Waals surface area contributed by atoms with Gasteiger partial charge in [-0.25, -0.2) is 4.79 Å². The van der Waals surface area contributed by atoms with Crippen molar-refractivity contribution in [2.75, 3.05) is 18.4 Å². The molecule has 2 heterocycles. The van der Waals surface area contributed by atoms with E-state index in [1.54, 1.807) is 24.3 Å². The number of fused-ring (bicyclic) bond motifs is 1. The Morgan fingerprint density at radius 1 is 1.10 bits per heavy atom. The molecule has 1 aliphatic heterocycles. The average Bonchev–Trinajstić information content (AvgIpc) is 3.21. The molecule has 31 heavy (non-hydrogen) atoms. The smallest absolute Gasteiger partial charge is 0.319 e. The molecule has 1 saturated heterocycles. The summed E-state index contributed by atoms with van der Waals surface area (Å²) in [6, 6.07) is 15.5. The van der Waals surface area contributed by atoms with Crippen molar-refractivity contribution in [3.8, 4) is 6.07 Å². The summed E-state index contributed by atoms with van der Waals surface area (Å²) in [5.41, 5.74) is 2.95. The number of likely N-dealkylation sites (tertiary alicyclic amines) is 1. The van der Waals surface area contributed by atoms with Crippen LogP contribution in [0.2, 0.25) is 0 Å². The Labute approximate surface area is 181 Å². The number of nitrogens with zero attached hydrogens (tertiary/aromatic N) is 2. The topological polar surface area (TPSA) is 101 Å². The number of amides is 3. The minimum Gasteiger partial charge on any atom is -0.361 e. The van der Waals surface area contributed by atoms with Crippen LogP contribution in [0.15, 0.2) is 54.7 Å². The Bertz CT molecular complexity index is 1120. The molecule has 7 heteroatoms. The molecule has 0 bridgehead atoms. The van der Waals surface area contributed by atoms with E-state index in [-0.39, 0.29) is 5.91 Å². The van der Waals surface area contributed by atoms with Gasteiger partial charge in [0.15, 0.2) is 0 Å². The Morgan fingerprint density at radius 2 is 1.90 bits per heavy atom. The van der Waals surface area contributed by atoms with Crippen molar-refractivity contribution in [3.05, 3.63) is 65.9 Å². The van der Waals surface area contributed by atoms with Crippen LogP contribution in [0, 0.1) is 11.3 Å². The van der Waals surface area contributed by atoms with Crippen molar-refractivity contribution in [1.82, 2.24) is 15.2 Å². The fourth-order valence-electron chi connectivity index (χ4n) is 4.05. The van der Waals surface area contributed by atoms with Crippen molar-refractivity contribution >= 4 is 28.5 Å². The van der Waals surface area contributed by atoms with Crippen LogP contribution in [-0.4, -0.2) is 41.0 Å². The van der Waals surface area contributed by atoms with Gasteiger partial charge in [0.2, 0.25) is 5.91 Å². The van der Waals surface area contributed by atoms with E-state index in [2.05, 4.69) is 21.7 Å². The first kappa shape index (κ1) is 20.5. The number of anilines is 1. The lowest BCUT2D eigenvalue weighted by atomic mass is 10.0. The average molecular weight is 415 g/mol. The maximum atomic E-state index is 13.3. The second-order valence-corrected chi connectivity index (χ2v) is 7.79. The predicted octanol–water partition coefficient (Wildman–Crippen LogP) is 3.78. The molecule has 3 N–H and O–H groups in total. The summed E-state index contributed by atoms with van der Waals surface area (Å²) in [6.07, 6.45) is 5.39. The van der Waals surface area contributed by atoms with Gasteiger partial charge in [0.05, 0.1) is 11.6 Å². The zero-order valence-electron chi connectivity index (χ0n) is 17.2. The normalized spacial score (nSPS) is 14.6. The van der Waals surface area contributed by atoms with Crippen molar-refractivity contribution in [1.29, 1.82) is 5.26 Å². The number of aromatic nitrogens is 1. The Morgan fingerprint density at radius 3 is 2.71 bits per heavy atom. The van der Waals surface area contributed by atoms with Crippen molar-refractivity contribution in [2.45, 2.75) is 31.7 Å². The highest BCUT2D eigenvalue weighted by Gasteiger charge is 2.28. The molecule has 7 nitrogen and oxygen atoms in total. The van der Waals surface area contributed by atoms with Crippen LogP contribution in [0.4, 0.5) is 10.5 Å². The van der Waals surface area contributed by atoms with Crippen LogP contribution >= 0.6 is 0 Å². The molecule has 0 spiro atoms. The van der Waals surface area contributed by atoms with E-state index in [1.807, 2.05) is 35.4 Å². The van der Waals surface area contributed by atoms with Crippen molar-refractivity contribution in [3.63, 3.8) is 0 Å². The van der Waals surface area contributed by atoms with Crippen LogP contribution in [-0.2, 0) is 11.2 Å². The summed E-state index contributed by atoms with van der Waals surface area (Å²) in [7, 11) is 0. The lowest BCUT2D eigenvalue weighted by molar-refractivity contribution is -0.134. The number of benzene rings is 2. The second-order valence-electron chi connectivity index (χ2n) is 7.79. The van der Waals surface area contributed by atoms with Crippen LogP contribution < -0.4 is 10.6 Å². The summed E-state index contributed by atoms with van der Waals surface area (Å²) >= 11 is 0. The molecule has 0 saturated carbocycles. The summed E-state index contributed by atoms with van der Waals surface area (Å²) in [5.74, 6) is -0.0640. The summed E-state index contributed by atoms with van der Waals surface area (Å²) < 4.78 is 0. The molecule has 3 aromatic rings. The Kier molecular flexibility index (Phi) is 6.18. The fourth-order valence-corrected chi connectivity index (χ4v) is 4.05. The zero-order valence-corrected chi connectivity index (χ0v) is 17.2. The molecular weight excluding hydrogens is 390 g/mol. The number of piperidine rings is 1. The zero-order chi connectivity index (χ0) is 21.6. The second kappa shape index (κ2) is 9.35. The molecule has 1 unspecified atom stereocenters. The molecule has 0 radical (unpaired) electrons. The quantitative estimate of drug-likeness (QED) is 0.591. The fraction of sp³-hybridized carbons (Fsp3) is 0.292.